The van der Waals surface area contributed by atoms with Gasteiger partial charge in [-0.3, -0.25) is 0 Å². The summed E-state index contributed by atoms with van der Waals surface area (Å²) in [6.07, 6.45) is 3.15. The van der Waals surface area contributed by atoms with Crippen molar-refractivity contribution in [2.24, 2.45) is 0 Å². The highest BCUT2D eigenvalue weighted by Crippen LogP contribution is 2.35. The highest BCUT2D eigenvalue weighted by atomic mass is 79.9. The van der Waals surface area contributed by atoms with Gasteiger partial charge in [0.1, 0.15) is 11.9 Å². The number of benzene rings is 2. The molecule has 9 heteroatoms. The molecule has 0 aliphatic carbocycles. The Labute approximate surface area is 183 Å². The van der Waals surface area contributed by atoms with Gasteiger partial charge in [-0.25, -0.2) is 16.8 Å². The van der Waals surface area contributed by atoms with E-state index < -0.39 is 15.8 Å². The van der Waals surface area contributed by atoms with Crippen LogP contribution in [0.1, 0.15) is 12.8 Å². The van der Waals surface area contributed by atoms with Crippen molar-refractivity contribution >= 4 is 36.9 Å². The fourth-order valence-corrected chi connectivity index (χ4v) is 5.68. The van der Waals surface area contributed by atoms with E-state index in [2.05, 4.69) is 27.9 Å². The average Bonchev–Trinajstić information content (AvgIpc) is 3.06. The van der Waals surface area contributed by atoms with E-state index in [9.17, 15) is 12.8 Å². The average molecular weight is 497 g/mol. The number of ether oxygens (including phenoxy) is 2. The third kappa shape index (κ3) is 3.93. The molecule has 0 unspecified atom stereocenters. The van der Waals surface area contributed by atoms with Crippen LogP contribution in [0.25, 0.3) is 10.9 Å². The van der Waals surface area contributed by atoms with Crippen molar-refractivity contribution in [3.63, 3.8) is 0 Å². The van der Waals surface area contributed by atoms with Crippen molar-refractivity contribution in [1.82, 2.24) is 8.87 Å². The molecule has 0 amide bonds. The van der Waals surface area contributed by atoms with E-state index in [0.29, 0.717) is 26.9 Å². The molecule has 1 aromatic heterocycles. The quantitative estimate of drug-likeness (QED) is 0.527. The number of nitrogens with zero attached hydrogens (tertiary/aromatic N) is 2. The molecule has 3 aromatic rings. The molecular formula is C21H22BrFN2O4S. The van der Waals surface area contributed by atoms with Crippen LogP contribution >= 0.6 is 15.9 Å². The lowest BCUT2D eigenvalue weighted by Crippen LogP contribution is -2.35. The molecule has 2 aromatic carbocycles. The molecule has 1 fully saturated rings. The summed E-state index contributed by atoms with van der Waals surface area (Å²) in [4.78, 5) is 2.30. The van der Waals surface area contributed by atoms with E-state index in [-0.39, 0.29) is 11.0 Å². The van der Waals surface area contributed by atoms with Gasteiger partial charge in [0.05, 0.1) is 17.5 Å². The Hall–Kier alpha value is -2.10. The number of hydrogen-bond acceptors (Lipinski definition) is 5. The lowest BCUT2D eigenvalue weighted by molar-refractivity contribution is 0.111. The van der Waals surface area contributed by atoms with E-state index in [1.54, 1.807) is 6.07 Å². The molecule has 0 N–H and O–H groups in total. The lowest BCUT2D eigenvalue weighted by atomic mass is 10.1. The van der Waals surface area contributed by atoms with Gasteiger partial charge in [0.2, 0.25) is 0 Å². The summed E-state index contributed by atoms with van der Waals surface area (Å²) >= 11 is 3.32. The van der Waals surface area contributed by atoms with Gasteiger partial charge in [0.15, 0.2) is 11.5 Å². The van der Waals surface area contributed by atoms with Crippen molar-refractivity contribution in [1.29, 1.82) is 0 Å². The first-order chi connectivity index (χ1) is 14.3. The number of hydrogen-bond donors (Lipinski definition) is 0. The second-order valence-electron chi connectivity index (χ2n) is 7.37. The topological polar surface area (TPSA) is 60.8 Å². The van der Waals surface area contributed by atoms with Gasteiger partial charge in [0, 0.05) is 35.2 Å². The summed E-state index contributed by atoms with van der Waals surface area (Å²) in [6.45, 7) is 1.84. The number of likely N-dealkylation sites (tertiary alicyclic amines) is 1. The normalized spacial score (nSPS) is 16.1. The van der Waals surface area contributed by atoms with Gasteiger partial charge in [0.25, 0.3) is 10.0 Å². The molecule has 0 bridgehead atoms. The molecule has 0 saturated carbocycles. The zero-order valence-corrected chi connectivity index (χ0v) is 19.0. The third-order valence-corrected chi connectivity index (χ3v) is 7.64. The van der Waals surface area contributed by atoms with Crippen LogP contribution in [-0.4, -0.2) is 50.6 Å². The molecule has 1 aliphatic heterocycles. The highest BCUT2D eigenvalue weighted by Gasteiger charge is 2.25. The van der Waals surface area contributed by atoms with Gasteiger partial charge in [-0.05, 0) is 66.2 Å². The molecule has 0 spiro atoms. The van der Waals surface area contributed by atoms with Crippen LogP contribution in [0.3, 0.4) is 0 Å². The van der Waals surface area contributed by atoms with E-state index >= 15 is 0 Å². The fourth-order valence-electron chi connectivity index (χ4n) is 3.64. The monoisotopic (exact) mass is 496 g/mol. The van der Waals surface area contributed by atoms with Crippen molar-refractivity contribution in [2.75, 3.05) is 27.2 Å². The van der Waals surface area contributed by atoms with E-state index in [1.165, 1.54) is 43.6 Å². The SMILES string of the molecule is COc1ccc(S(=O)(=O)n2cc(Br)c3cc(F)ccc32)cc1OC1CCN(C)CC1. The molecule has 1 aliphatic rings. The van der Waals surface area contributed by atoms with E-state index in [4.69, 9.17) is 9.47 Å². The number of rotatable bonds is 5. The summed E-state index contributed by atoms with van der Waals surface area (Å²) < 4.78 is 53.5. The number of fused-ring (bicyclic) bond motifs is 1. The Morgan fingerprint density at radius 1 is 1.10 bits per heavy atom. The van der Waals surface area contributed by atoms with E-state index in [0.717, 1.165) is 29.9 Å². The maximum absolute atomic E-state index is 13.6. The van der Waals surface area contributed by atoms with Crippen LogP contribution in [0.5, 0.6) is 11.5 Å². The van der Waals surface area contributed by atoms with Gasteiger partial charge >= 0.3 is 0 Å². The Morgan fingerprint density at radius 3 is 2.53 bits per heavy atom. The Balaban J connectivity index is 1.73. The summed E-state index contributed by atoms with van der Waals surface area (Å²) in [5.74, 6) is 0.444. The maximum Gasteiger partial charge on any atom is 0.268 e. The first-order valence-electron chi connectivity index (χ1n) is 9.54. The molecule has 6 nitrogen and oxygen atoms in total. The maximum atomic E-state index is 13.6. The third-order valence-electron chi connectivity index (χ3n) is 5.34. The van der Waals surface area contributed by atoms with E-state index in [1.807, 2.05) is 0 Å². The van der Waals surface area contributed by atoms with Crippen LogP contribution in [0.2, 0.25) is 0 Å². The second-order valence-corrected chi connectivity index (χ2v) is 10.0. The van der Waals surface area contributed by atoms with Gasteiger partial charge < -0.3 is 14.4 Å². The first-order valence-corrected chi connectivity index (χ1v) is 11.8. The predicted octanol–water partition coefficient (Wildman–Crippen LogP) is 4.26. The molecule has 4 rings (SSSR count). The molecule has 0 atom stereocenters. The number of piperidine rings is 1. The summed E-state index contributed by atoms with van der Waals surface area (Å²) in [5, 5.41) is 0.481. The standard InChI is InChI=1S/C21H22BrFN2O4S/c1-24-9-7-15(8-10-24)29-21-12-16(4-6-20(21)28-2)30(26,27)25-13-18(22)17-11-14(23)3-5-19(17)25/h3-6,11-13,15H,7-10H2,1-2H3. The van der Waals surface area contributed by atoms with Crippen LogP contribution < -0.4 is 9.47 Å². The van der Waals surface area contributed by atoms with Crippen LogP contribution in [0, 0.1) is 5.82 Å². The smallest absolute Gasteiger partial charge is 0.268 e. The number of methoxy groups -OCH3 is 1. The summed E-state index contributed by atoms with van der Waals surface area (Å²) in [6, 6.07) is 8.57. The van der Waals surface area contributed by atoms with Crippen LogP contribution in [0.4, 0.5) is 4.39 Å². The Kier molecular flexibility index (Phi) is 5.78. The molecule has 30 heavy (non-hydrogen) atoms. The first kappa shape index (κ1) is 21.1. The fraction of sp³-hybridized carbons (Fsp3) is 0.333. The van der Waals surface area contributed by atoms with Gasteiger partial charge in [-0.1, -0.05) is 0 Å². The molecule has 2 heterocycles. The minimum atomic E-state index is -3.93. The zero-order valence-electron chi connectivity index (χ0n) is 16.6. The Morgan fingerprint density at radius 2 is 1.83 bits per heavy atom. The molecular weight excluding hydrogens is 475 g/mol. The molecule has 160 valence electrons. The zero-order chi connectivity index (χ0) is 21.5. The highest BCUT2D eigenvalue weighted by molar-refractivity contribution is 9.10. The van der Waals surface area contributed by atoms with Crippen molar-refractivity contribution in [2.45, 2.75) is 23.8 Å². The molecule has 1 saturated heterocycles. The minimum absolute atomic E-state index is 0.00224. The molecule has 0 radical (unpaired) electrons. The van der Waals surface area contributed by atoms with Gasteiger partial charge in [-0.2, -0.15) is 0 Å². The van der Waals surface area contributed by atoms with Crippen LogP contribution in [-0.2, 0) is 10.0 Å². The van der Waals surface area contributed by atoms with Gasteiger partial charge in [-0.15, -0.1) is 0 Å². The van der Waals surface area contributed by atoms with Crippen molar-refractivity contribution in [3.05, 3.63) is 52.9 Å². The largest absolute Gasteiger partial charge is 0.493 e. The number of halogens is 2. The second kappa shape index (κ2) is 8.20. The summed E-state index contributed by atoms with van der Waals surface area (Å²) in [5.41, 5.74) is 0.386. The summed E-state index contributed by atoms with van der Waals surface area (Å²) in [7, 11) is -0.345. The minimum Gasteiger partial charge on any atom is -0.493 e. The van der Waals surface area contributed by atoms with Crippen molar-refractivity contribution < 1.29 is 22.3 Å². The predicted molar refractivity (Wildman–Crippen MR) is 116 cm³/mol. The Bertz CT molecular complexity index is 1190. The number of aromatic nitrogens is 1. The van der Waals surface area contributed by atoms with Crippen LogP contribution in [0.15, 0.2) is 52.0 Å². The lowest BCUT2D eigenvalue weighted by Gasteiger charge is -2.29. The van der Waals surface area contributed by atoms with Crippen molar-refractivity contribution in [3.8, 4) is 11.5 Å².